The molecule has 0 unspecified atom stereocenters. The highest BCUT2D eigenvalue weighted by molar-refractivity contribution is 5.80. The normalized spacial score (nSPS) is 12.6. The van der Waals surface area contributed by atoms with Gasteiger partial charge in [0.05, 0.1) is 5.52 Å². The van der Waals surface area contributed by atoms with E-state index in [0.29, 0.717) is 12.1 Å². The summed E-state index contributed by atoms with van der Waals surface area (Å²) in [6.45, 7) is 4.73. The van der Waals surface area contributed by atoms with E-state index >= 15 is 0 Å². The lowest BCUT2D eigenvalue weighted by Crippen LogP contribution is -2.41. The molecule has 2 nitrogen and oxygen atoms in total. The Morgan fingerprint density at radius 3 is 2.44 bits per heavy atom. The van der Waals surface area contributed by atoms with Crippen molar-refractivity contribution in [3.8, 4) is 0 Å². The zero-order valence-electron chi connectivity index (χ0n) is 11.2. The summed E-state index contributed by atoms with van der Waals surface area (Å²) in [5.74, 6) is -1.57. The van der Waals surface area contributed by atoms with Crippen molar-refractivity contribution in [3.05, 3.63) is 36.0 Å². The molecule has 0 spiro atoms. The maximum absolute atomic E-state index is 13.9. The van der Waals surface area contributed by atoms with Crippen molar-refractivity contribution in [2.24, 2.45) is 0 Å². The van der Waals surface area contributed by atoms with E-state index in [0.717, 1.165) is 5.39 Å². The van der Waals surface area contributed by atoms with E-state index in [4.69, 9.17) is 0 Å². The molecule has 0 radical (unpaired) electrons. The Bertz CT molecular complexity index is 570. The SMILES string of the molecule is CN(C)C(C)(C)Cn1ccc2ccc(F)c(F)c21. The minimum Gasteiger partial charge on any atom is -0.343 e. The second-order valence-corrected chi connectivity index (χ2v) is 5.45. The van der Waals surface area contributed by atoms with Crippen molar-refractivity contribution < 1.29 is 8.78 Å². The third-order valence-corrected chi connectivity index (χ3v) is 3.59. The van der Waals surface area contributed by atoms with Crippen LogP contribution in [0.3, 0.4) is 0 Å². The lowest BCUT2D eigenvalue weighted by atomic mass is 10.0. The highest BCUT2D eigenvalue weighted by atomic mass is 19.2. The van der Waals surface area contributed by atoms with Crippen LogP contribution in [0.1, 0.15) is 13.8 Å². The van der Waals surface area contributed by atoms with E-state index in [1.807, 2.05) is 20.2 Å². The minimum absolute atomic E-state index is 0.134. The summed E-state index contributed by atoms with van der Waals surface area (Å²) in [4.78, 5) is 2.07. The summed E-state index contributed by atoms with van der Waals surface area (Å²) in [5.41, 5.74) is 0.204. The molecular formula is C14H18F2N2. The Balaban J connectivity index is 2.50. The van der Waals surface area contributed by atoms with E-state index < -0.39 is 11.6 Å². The molecule has 0 aliphatic carbocycles. The molecule has 1 aromatic heterocycles. The van der Waals surface area contributed by atoms with Crippen molar-refractivity contribution in [1.29, 1.82) is 0 Å². The average molecular weight is 252 g/mol. The number of benzene rings is 1. The first-order valence-electron chi connectivity index (χ1n) is 5.93. The summed E-state index contributed by atoms with van der Waals surface area (Å²) in [7, 11) is 3.95. The average Bonchev–Trinajstić information content (AvgIpc) is 2.66. The summed E-state index contributed by atoms with van der Waals surface area (Å²) < 4.78 is 28.9. The summed E-state index contributed by atoms with van der Waals surface area (Å²) in [6, 6.07) is 4.58. The van der Waals surface area contributed by atoms with Crippen LogP contribution in [-0.4, -0.2) is 29.1 Å². The van der Waals surface area contributed by atoms with E-state index in [9.17, 15) is 8.78 Å². The molecule has 98 valence electrons. The van der Waals surface area contributed by atoms with Crippen LogP contribution in [0.25, 0.3) is 10.9 Å². The maximum atomic E-state index is 13.9. The van der Waals surface area contributed by atoms with Crippen LogP contribution in [0.15, 0.2) is 24.4 Å². The van der Waals surface area contributed by atoms with Crippen molar-refractivity contribution in [2.45, 2.75) is 25.9 Å². The van der Waals surface area contributed by atoms with Gasteiger partial charge in [0.1, 0.15) is 0 Å². The minimum atomic E-state index is -0.801. The van der Waals surface area contributed by atoms with Crippen molar-refractivity contribution in [2.75, 3.05) is 14.1 Å². The molecule has 0 fully saturated rings. The Morgan fingerprint density at radius 1 is 1.17 bits per heavy atom. The summed E-state index contributed by atoms with van der Waals surface area (Å²) in [6.07, 6.45) is 1.80. The van der Waals surface area contributed by atoms with Gasteiger partial charge in [0.25, 0.3) is 0 Å². The van der Waals surface area contributed by atoms with Gasteiger partial charge in [0.2, 0.25) is 0 Å². The zero-order valence-corrected chi connectivity index (χ0v) is 11.2. The van der Waals surface area contributed by atoms with E-state index in [1.54, 1.807) is 16.8 Å². The van der Waals surface area contributed by atoms with E-state index in [-0.39, 0.29) is 5.54 Å². The van der Waals surface area contributed by atoms with Gasteiger partial charge in [0, 0.05) is 23.7 Å². The number of aromatic nitrogens is 1. The fraction of sp³-hybridized carbons (Fsp3) is 0.429. The molecule has 0 saturated heterocycles. The van der Waals surface area contributed by atoms with Gasteiger partial charge in [-0.05, 0) is 46.1 Å². The smallest absolute Gasteiger partial charge is 0.183 e. The highest BCUT2D eigenvalue weighted by Gasteiger charge is 2.22. The molecule has 0 amide bonds. The van der Waals surface area contributed by atoms with Gasteiger partial charge in [-0.2, -0.15) is 0 Å². The fourth-order valence-corrected chi connectivity index (χ4v) is 1.92. The Kier molecular flexibility index (Phi) is 3.15. The maximum Gasteiger partial charge on any atom is 0.183 e. The predicted molar refractivity (Wildman–Crippen MR) is 69.6 cm³/mol. The van der Waals surface area contributed by atoms with E-state index in [2.05, 4.69) is 18.7 Å². The zero-order chi connectivity index (χ0) is 13.5. The number of rotatable bonds is 3. The second-order valence-electron chi connectivity index (χ2n) is 5.45. The van der Waals surface area contributed by atoms with Crippen LogP contribution >= 0.6 is 0 Å². The van der Waals surface area contributed by atoms with Gasteiger partial charge >= 0.3 is 0 Å². The molecule has 4 heteroatoms. The number of halogens is 2. The first-order chi connectivity index (χ1) is 8.33. The largest absolute Gasteiger partial charge is 0.343 e. The summed E-state index contributed by atoms with van der Waals surface area (Å²) in [5, 5.41) is 0.725. The monoisotopic (exact) mass is 252 g/mol. The van der Waals surface area contributed by atoms with Crippen molar-refractivity contribution in [1.82, 2.24) is 9.47 Å². The van der Waals surface area contributed by atoms with Crippen molar-refractivity contribution in [3.63, 3.8) is 0 Å². The molecule has 0 atom stereocenters. The molecule has 0 aliphatic rings. The van der Waals surface area contributed by atoms with Crippen LogP contribution in [0.5, 0.6) is 0 Å². The topological polar surface area (TPSA) is 8.17 Å². The molecule has 1 heterocycles. The quantitative estimate of drug-likeness (QED) is 0.814. The van der Waals surface area contributed by atoms with Crippen molar-refractivity contribution >= 4 is 10.9 Å². The number of likely N-dealkylation sites (N-methyl/N-ethyl adjacent to an activating group) is 1. The molecule has 1 aromatic carbocycles. The van der Waals surface area contributed by atoms with Gasteiger partial charge in [0.15, 0.2) is 11.6 Å². The second kappa shape index (κ2) is 4.35. The molecule has 0 N–H and O–H groups in total. The molecule has 18 heavy (non-hydrogen) atoms. The molecule has 2 aromatic rings. The predicted octanol–water partition coefficient (Wildman–Crippen LogP) is 3.26. The third kappa shape index (κ3) is 2.12. The number of hydrogen-bond acceptors (Lipinski definition) is 1. The van der Waals surface area contributed by atoms with Crippen LogP contribution in [-0.2, 0) is 6.54 Å². The van der Waals surface area contributed by atoms with Gasteiger partial charge in [-0.3, -0.25) is 0 Å². The number of fused-ring (bicyclic) bond motifs is 1. The number of hydrogen-bond donors (Lipinski definition) is 0. The standard InChI is InChI=1S/C14H18F2N2/c1-14(2,17(3)4)9-18-8-7-10-5-6-11(15)12(16)13(10)18/h5-8H,9H2,1-4H3. The van der Waals surface area contributed by atoms with Gasteiger partial charge < -0.3 is 9.47 Å². The molecule has 2 rings (SSSR count). The van der Waals surface area contributed by atoms with Gasteiger partial charge in [-0.25, -0.2) is 8.78 Å². The Labute approximate surface area is 106 Å². The first-order valence-corrected chi connectivity index (χ1v) is 5.93. The Morgan fingerprint density at radius 2 is 1.83 bits per heavy atom. The van der Waals surface area contributed by atoms with Crippen LogP contribution in [0.2, 0.25) is 0 Å². The lowest BCUT2D eigenvalue weighted by molar-refractivity contribution is 0.171. The third-order valence-electron chi connectivity index (χ3n) is 3.59. The fourth-order valence-electron chi connectivity index (χ4n) is 1.92. The first kappa shape index (κ1) is 13.0. The van der Waals surface area contributed by atoms with Crippen LogP contribution in [0, 0.1) is 11.6 Å². The lowest BCUT2D eigenvalue weighted by Gasteiger charge is -2.33. The Hall–Kier alpha value is -1.42. The van der Waals surface area contributed by atoms with Gasteiger partial charge in [-0.1, -0.05) is 0 Å². The van der Waals surface area contributed by atoms with Gasteiger partial charge in [-0.15, -0.1) is 0 Å². The highest BCUT2D eigenvalue weighted by Crippen LogP contribution is 2.24. The molecule has 0 bridgehead atoms. The van der Waals surface area contributed by atoms with Crippen LogP contribution < -0.4 is 0 Å². The summed E-state index contributed by atoms with van der Waals surface area (Å²) >= 11 is 0. The van der Waals surface area contributed by atoms with E-state index in [1.165, 1.54) is 6.07 Å². The molecule has 0 aliphatic heterocycles. The molecular weight excluding hydrogens is 234 g/mol. The van der Waals surface area contributed by atoms with Crippen LogP contribution in [0.4, 0.5) is 8.78 Å². The molecule has 0 saturated carbocycles. The number of nitrogens with zero attached hydrogens (tertiary/aromatic N) is 2.